The van der Waals surface area contributed by atoms with Gasteiger partial charge in [-0.25, -0.2) is 4.67 Å². The molecule has 0 heterocycles. The molecule has 0 bridgehead atoms. The Balaban J connectivity index is 4.02. The first kappa shape index (κ1) is 13.8. The quantitative estimate of drug-likeness (QED) is 0.486. The van der Waals surface area contributed by atoms with Gasteiger partial charge in [-0.15, -0.1) is 0 Å². The van der Waals surface area contributed by atoms with Gasteiger partial charge in [0.2, 0.25) is 0 Å². The summed E-state index contributed by atoms with van der Waals surface area (Å²) in [5.74, 6) is 0. The average Bonchev–Trinajstić information content (AvgIpc) is 2.16. The van der Waals surface area contributed by atoms with Gasteiger partial charge in [-0.3, -0.25) is 0 Å². The zero-order valence-corrected chi connectivity index (χ0v) is 10.3. The first-order chi connectivity index (χ1) is 6.67. The molecule has 0 aromatic rings. The monoisotopic (exact) mass is 218 g/mol. The van der Waals surface area contributed by atoms with Crippen LogP contribution >= 0.6 is 8.53 Å². The van der Waals surface area contributed by atoms with Crippen molar-refractivity contribution in [3.05, 3.63) is 0 Å². The number of nitriles is 1. The van der Waals surface area contributed by atoms with Crippen molar-refractivity contribution in [2.75, 3.05) is 20.3 Å². The molecular weight excluding hydrogens is 199 g/mol. The number of rotatable bonds is 7. The average molecular weight is 218 g/mol. The molecule has 0 aliphatic rings. The third kappa shape index (κ3) is 4.88. The molecule has 0 rings (SSSR count). The van der Waals surface area contributed by atoms with E-state index in [1.165, 1.54) is 0 Å². The SMILES string of the molecule is CCN(C(C)C)P(OC)OCCC#N. The molecule has 82 valence electrons. The maximum absolute atomic E-state index is 8.38. The predicted molar refractivity (Wildman–Crippen MR) is 57.6 cm³/mol. The first-order valence-corrected chi connectivity index (χ1v) is 5.91. The van der Waals surface area contributed by atoms with Gasteiger partial charge < -0.3 is 9.05 Å². The minimum absolute atomic E-state index is 0.396. The maximum Gasteiger partial charge on any atom is 0.258 e. The van der Waals surface area contributed by atoms with Crippen molar-refractivity contribution in [3.63, 3.8) is 0 Å². The summed E-state index contributed by atoms with van der Waals surface area (Å²) in [5, 5.41) is 8.38. The minimum Gasteiger partial charge on any atom is -0.325 e. The molecule has 0 aliphatic carbocycles. The summed E-state index contributed by atoms with van der Waals surface area (Å²) in [6.45, 7) is 7.61. The molecule has 0 N–H and O–H groups in total. The second-order valence-electron chi connectivity index (χ2n) is 3.01. The molecule has 0 amide bonds. The Bertz CT molecular complexity index is 182. The third-order valence-electron chi connectivity index (χ3n) is 1.70. The zero-order chi connectivity index (χ0) is 11.0. The molecule has 0 fully saturated rings. The fraction of sp³-hybridized carbons (Fsp3) is 0.889. The van der Waals surface area contributed by atoms with Gasteiger partial charge in [-0.1, -0.05) is 6.92 Å². The number of nitrogens with zero attached hydrogens (tertiary/aromatic N) is 2. The Morgan fingerprint density at radius 2 is 2.14 bits per heavy atom. The fourth-order valence-electron chi connectivity index (χ4n) is 1.07. The van der Waals surface area contributed by atoms with E-state index in [1.807, 2.05) is 6.07 Å². The van der Waals surface area contributed by atoms with E-state index in [2.05, 4.69) is 25.4 Å². The highest BCUT2D eigenvalue weighted by Crippen LogP contribution is 2.42. The largest absolute Gasteiger partial charge is 0.325 e. The van der Waals surface area contributed by atoms with E-state index in [1.54, 1.807) is 7.11 Å². The second kappa shape index (κ2) is 8.14. The Kier molecular flexibility index (Phi) is 8.02. The van der Waals surface area contributed by atoms with Crippen molar-refractivity contribution in [2.45, 2.75) is 33.2 Å². The van der Waals surface area contributed by atoms with Gasteiger partial charge in [0.05, 0.1) is 19.1 Å². The standard InChI is InChI=1S/C9H19N2O2P/c1-5-11(9(2)3)14(12-4)13-8-6-7-10/h9H,5-6,8H2,1-4H3. The molecule has 0 aromatic heterocycles. The van der Waals surface area contributed by atoms with Crippen molar-refractivity contribution in [3.8, 4) is 6.07 Å². The highest BCUT2D eigenvalue weighted by atomic mass is 31.2. The third-order valence-corrected chi connectivity index (χ3v) is 3.58. The number of hydrogen-bond acceptors (Lipinski definition) is 4. The topological polar surface area (TPSA) is 45.5 Å². The van der Waals surface area contributed by atoms with E-state index in [0.29, 0.717) is 19.1 Å². The Hall–Kier alpha value is -0.200. The van der Waals surface area contributed by atoms with Crippen LogP contribution < -0.4 is 0 Å². The van der Waals surface area contributed by atoms with Gasteiger partial charge in [0.15, 0.2) is 0 Å². The molecule has 0 saturated heterocycles. The molecule has 0 aromatic carbocycles. The van der Waals surface area contributed by atoms with E-state index in [4.69, 9.17) is 14.3 Å². The minimum atomic E-state index is -0.991. The van der Waals surface area contributed by atoms with Gasteiger partial charge in [-0.05, 0) is 13.8 Å². The van der Waals surface area contributed by atoms with Crippen LogP contribution in [0.4, 0.5) is 0 Å². The first-order valence-electron chi connectivity index (χ1n) is 4.78. The molecule has 0 spiro atoms. The molecule has 0 saturated carbocycles. The van der Waals surface area contributed by atoms with Crippen molar-refractivity contribution in [1.82, 2.24) is 4.67 Å². The fourth-order valence-corrected chi connectivity index (χ4v) is 2.39. The Morgan fingerprint density at radius 3 is 2.50 bits per heavy atom. The lowest BCUT2D eigenvalue weighted by molar-refractivity contribution is 0.221. The molecule has 0 aliphatic heterocycles. The molecule has 14 heavy (non-hydrogen) atoms. The lowest BCUT2D eigenvalue weighted by Gasteiger charge is -2.30. The Labute approximate surface area is 87.8 Å². The van der Waals surface area contributed by atoms with Gasteiger partial charge in [0.25, 0.3) is 8.53 Å². The van der Waals surface area contributed by atoms with E-state index in [0.717, 1.165) is 6.54 Å². The van der Waals surface area contributed by atoms with E-state index in [9.17, 15) is 0 Å². The van der Waals surface area contributed by atoms with Gasteiger partial charge in [-0.2, -0.15) is 5.26 Å². The molecule has 4 nitrogen and oxygen atoms in total. The van der Waals surface area contributed by atoms with Crippen LogP contribution in [0, 0.1) is 11.3 Å². The summed E-state index contributed by atoms with van der Waals surface area (Å²) in [5.41, 5.74) is 0. The van der Waals surface area contributed by atoms with E-state index in [-0.39, 0.29) is 0 Å². The van der Waals surface area contributed by atoms with Crippen LogP contribution in [-0.4, -0.2) is 31.0 Å². The van der Waals surface area contributed by atoms with Gasteiger partial charge in [0.1, 0.15) is 0 Å². The van der Waals surface area contributed by atoms with Crippen LogP contribution in [0.15, 0.2) is 0 Å². The van der Waals surface area contributed by atoms with Gasteiger partial charge in [0, 0.05) is 19.7 Å². The summed E-state index contributed by atoms with van der Waals surface area (Å²) in [7, 11) is 0.651. The van der Waals surface area contributed by atoms with Crippen LogP contribution in [0.2, 0.25) is 0 Å². The summed E-state index contributed by atoms with van der Waals surface area (Å²) >= 11 is 0. The molecule has 1 unspecified atom stereocenters. The summed E-state index contributed by atoms with van der Waals surface area (Å²) in [6.07, 6.45) is 0.415. The van der Waals surface area contributed by atoms with Crippen molar-refractivity contribution < 1.29 is 9.05 Å². The maximum atomic E-state index is 8.38. The van der Waals surface area contributed by atoms with Crippen LogP contribution in [0.25, 0.3) is 0 Å². The lowest BCUT2D eigenvalue weighted by atomic mass is 10.4. The zero-order valence-electron chi connectivity index (χ0n) is 9.36. The normalized spacial score (nSPS) is 13.2. The molecular formula is C9H19N2O2P. The van der Waals surface area contributed by atoms with Crippen LogP contribution in [0.1, 0.15) is 27.2 Å². The van der Waals surface area contributed by atoms with E-state index < -0.39 is 8.53 Å². The van der Waals surface area contributed by atoms with Gasteiger partial charge >= 0.3 is 0 Å². The summed E-state index contributed by atoms with van der Waals surface area (Å²) in [4.78, 5) is 0. The molecule has 0 radical (unpaired) electrons. The molecule has 1 atom stereocenters. The van der Waals surface area contributed by atoms with E-state index >= 15 is 0 Å². The van der Waals surface area contributed by atoms with Crippen molar-refractivity contribution in [1.29, 1.82) is 5.26 Å². The highest BCUT2D eigenvalue weighted by Gasteiger charge is 2.20. The van der Waals surface area contributed by atoms with Crippen LogP contribution in [0.3, 0.4) is 0 Å². The summed E-state index contributed by atoms with van der Waals surface area (Å²) in [6, 6.07) is 2.44. The Morgan fingerprint density at radius 1 is 1.50 bits per heavy atom. The van der Waals surface area contributed by atoms with Crippen molar-refractivity contribution >= 4 is 8.53 Å². The smallest absolute Gasteiger partial charge is 0.258 e. The second-order valence-corrected chi connectivity index (χ2v) is 4.62. The summed E-state index contributed by atoms with van der Waals surface area (Å²) < 4.78 is 12.9. The molecule has 5 heteroatoms. The number of hydrogen-bond donors (Lipinski definition) is 0. The van der Waals surface area contributed by atoms with Crippen molar-refractivity contribution in [2.24, 2.45) is 0 Å². The van der Waals surface area contributed by atoms with Crippen LogP contribution in [0.5, 0.6) is 0 Å². The lowest BCUT2D eigenvalue weighted by Crippen LogP contribution is -2.26. The predicted octanol–water partition coefficient (Wildman–Crippen LogP) is 2.52. The highest BCUT2D eigenvalue weighted by molar-refractivity contribution is 7.44. The van der Waals surface area contributed by atoms with Crippen LogP contribution in [-0.2, 0) is 9.05 Å².